The molecule has 0 aliphatic heterocycles. The standard InChI is InChI=1S/C10H11/c1-2-6-10-8-4-3-7-9(10)5-1/h1,5-6H,3-4,7-8H2. The van der Waals surface area contributed by atoms with Crippen LogP contribution in [0.4, 0.5) is 0 Å². The molecule has 0 fully saturated rings. The highest BCUT2D eigenvalue weighted by Crippen LogP contribution is 2.19. The van der Waals surface area contributed by atoms with Crippen LogP contribution < -0.4 is 0 Å². The van der Waals surface area contributed by atoms with Crippen molar-refractivity contribution >= 4 is 0 Å². The third kappa shape index (κ3) is 0.942. The second-order valence-corrected chi connectivity index (χ2v) is 2.90. The summed E-state index contributed by atoms with van der Waals surface area (Å²) in [6, 6.07) is 9.47. The molecule has 1 radical (unpaired) electrons. The Labute approximate surface area is 61.9 Å². The topological polar surface area (TPSA) is 0 Å². The molecule has 0 spiro atoms. The van der Waals surface area contributed by atoms with E-state index in [-0.39, 0.29) is 0 Å². The van der Waals surface area contributed by atoms with Crippen molar-refractivity contribution in [3.8, 4) is 0 Å². The molecule has 0 heterocycles. The zero-order valence-corrected chi connectivity index (χ0v) is 6.06. The van der Waals surface area contributed by atoms with Crippen LogP contribution in [0.5, 0.6) is 0 Å². The Morgan fingerprint density at radius 3 is 2.70 bits per heavy atom. The normalized spacial score (nSPS) is 16.4. The molecule has 1 aliphatic carbocycles. The van der Waals surface area contributed by atoms with Crippen LogP contribution in [0, 0.1) is 6.07 Å². The van der Waals surface area contributed by atoms with Gasteiger partial charge in [-0.05, 0) is 42.9 Å². The molecule has 0 heteroatoms. The van der Waals surface area contributed by atoms with Crippen LogP contribution in [-0.2, 0) is 12.8 Å². The van der Waals surface area contributed by atoms with E-state index in [4.69, 9.17) is 0 Å². The van der Waals surface area contributed by atoms with Crippen LogP contribution in [0.1, 0.15) is 24.0 Å². The van der Waals surface area contributed by atoms with Crippen molar-refractivity contribution in [3.63, 3.8) is 0 Å². The van der Waals surface area contributed by atoms with Crippen LogP contribution >= 0.6 is 0 Å². The molecular weight excluding hydrogens is 120 g/mol. The van der Waals surface area contributed by atoms with Crippen molar-refractivity contribution in [2.75, 3.05) is 0 Å². The zero-order valence-electron chi connectivity index (χ0n) is 6.06. The maximum Gasteiger partial charge on any atom is -0.0181 e. The summed E-state index contributed by atoms with van der Waals surface area (Å²) >= 11 is 0. The SMILES string of the molecule is [c]1ccc2c(c1)CCCC2. The minimum absolute atomic E-state index is 1.27. The van der Waals surface area contributed by atoms with Crippen LogP contribution in [0.25, 0.3) is 0 Å². The Morgan fingerprint density at radius 2 is 1.90 bits per heavy atom. The summed E-state index contributed by atoms with van der Waals surface area (Å²) in [7, 11) is 0. The maximum absolute atomic E-state index is 3.12. The van der Waals surface area contributed by atoms with Gasteiger partial charge in [-0.25, -0.2) is 0 Å². The lowest BCUT2D eigenvalue weighted by molar-refractivity contribution is 0.685. The fourth-order valence-electron chi connectivity index (χ4n) is 1.60. The van der Waals surface area contributed by atoms with E-state index in [0.717, 1.165) is 0 Å². The highest BCUT2D eigenvalue weighted by atomic mass is 14.1. The molecule has 0 bridgehead atoms. The molecule has 1 aliphatic rings. The van der Waals surface area contributed by atoms with Crippen LogP contribution in [0.2, 0.25) is 0 Å². The lowest BCUT2D eigenvalue weighted by Gasteiger charge is -2.13. The molecule has 2 rings (SSSR count). The van der Waals surface area contributed by atoms with Gasteiger partial charge in [-0.15, -0.1) is 0 Å². The smallest absolute Gasteiger partial charge is 0.0181 e. The maximum atomic E-state index is 3.12. The second kappa shape index (κ2) is 2.45. The summed E-state index contributed by atoms with van der Waals surface area (Å²) in [5.74, 6) is 0. The summed E-state index contributed by atoms with van der Waals surface area (Å²) < 4.78 is 0. The third-order valence-electron chi connectivity index (χ3n) is 2.19. The molecular formula is C10H11. The molecule has 0 nitrogen and oxygen atoms in total. The number of benzene rings is 1. The average Bonchev–Trinajstić information content (AvgIpc) is 2.05. The molecule has 0 saturated heterocycles. The molecule has 1 aromatic carbocycles. The van der Waals surface area contributed by atoms with E-state index in [1.807, 2.05) is 6.07 Å². The highest BCUT2D eigenvalue weighted by Gasteiger charge is 2.06. The monoisotopic (exact) mass is 131 g/mol. The number of fused-ring (bicyclic) bond motifs is 1. The summed E-state index contributed by atoms with van der Waals surface area (Å²) in [5.41, 5.74) is 3.07. The number of hydrogen-bond donors (Lipinski definition) is 0. The van der Waals surface area contributed by atoms with Gasteiger partial charge in [-0.3, -0.25) is 0 Å². The first-order chi connectivity index (χ1) is 4.97. The molecule has 0 aromatic heterocycles. The van der Waals surface area contributed by atoms with Gasteiger partial charge in [-0.1, -0.05) is 18.2 Å². The van der Waals surface area contributed by atoms with Crippen molar-refractivity contribution in [2.24, 2.45) is 0 Å². The quantitative estimate of drug-likeness (QED) is 0.507. The van der Waals surface area contributed by atoms with Crippen molar-refractivity contribution < 1.29 is 0 Å². The first-order valence-electron chi connectivity index (χ1n) is 3.95. The third-order valence-corrected chi connectivity index (χ3v) is 2.19. The summed E-state index contributed by atoms with van der Waals surface area (Å²) in [4.78, 5) is 0. The predicted octanol–water partition coefficient (Wildman–Crippen LogP) is 2.37. The Balaban J connectivity index is 2.41. The molecule has 0 unspecified atom stereocenters. The van der Waals surface area contributed by atoms with E-state index < -0.39 is 0 Å². The lowest BCUT2D eigenvalue weighted by Crippen LogP contribution is -2.00. The molecule has 10 heavy (non-hydrogen) atoms. The molecule has 0 amide bonds. The second-order valence-electron chi connectivity index (χ2n) is 2.90. The van der Waals surface area contributed by atoms with Crippen molar-refractivity contribution in [3.05, 3.63) is 35.4 Å². The first-order valence-corrected chi connectivity index (χ1v) is 3.95. The van der Waals surface area contributed by atoms with Gasteiger partial charge in [0, 0.05) is 0 Å². The van der Waals surface area contributed by atoms with Gasteiger partial charge in [0.2, 0.25) is 0 Å². The molecule has 0 saturated carbocycles. The van der Waals surface area contributed by atoms with Crippen LogP contribution in [0.15, 0.2) is 18.2 Å². The number of aryl methyl sites for hydroxylation is 2. The van der Waals surface area contributed by atoms with E-state index in [1.54, 1.807) is 5.56 Å². The Kier molecular flexibility index (Phi) is 1.46. The van der Waals surface area contributed by atoms with Gasteiger partial charge in [0.05, 0.1) is 0 Å². The molecule has 0 atom stereocenters. The Morgan fingerprint density at radius 1 is 1.10 bits per heavy atom. The minimum Gasteiger partial charge on any atom is -0.0582 e. The van der Waals surface area contributed by atoms with Gasteiger partial charge >= 0.3 is 0 Å². The lowest BCUT2D eigenvalue weighted by atomic mass is 9.92. The van der Waals surface area contributed by atoms with Gasteiger partial charge < -0.3 is 0 Å². The van der Waals surface area contributed by atoms with Gasteiger partial charge in [0.15, 0.2) is 0 Å². The van der Waals surface area contributed by atoms with Gasteiger partial charge in [0.1, 0.15) is 0 Å². The summed E-state index contributed by atoms with van der Waals surface area (Å²) in [5, 5.41) is 0. The Hall–Kier alpha value is -0.780. The van der Waals surface area contributed by atoms with Crippen LogP contribution in [-0.4, -0.2) is 0 Å². The Bertz CT molecular complexity index is 200. The van der Waals surface area contributed by atoms with Crippen molar-refractivity contribution in [2.45, 2.75) is 25.7 Å². The molecule has 51 valence electrons. The first kappa shape index (κ1) is 5.96. The van der Waals surface area contributed by atoms with Crippen molar-refractivity contribution in [1.29, 1.82) is 0 Å². The predicted molar refractivity (Wildman–Crippen MR) is 41.9 cm³/mol. The van der Waals surface area contributed by atoms with Gasteiger partial charge in [0.25, 0.3) is 0 Å². The van der Waals surface area contributed by atoms with E-state index in [1.165, 1.54) is 31.2 Å². The number of hydrogen-bond acceptors (Lipinski definition) is 0. The summed E-state index contributed by atoms with van der Waals surface area (Å²) in [6.45, 7) is 0. The summed E-state index contributed by atoms with van der Waals surface area (Å²) in [6.07, 6.45) is 5.29. The fraction of sp³-hybridized carbons (Fsp3) is 0.400. The van der Waals surface area contributed by atoms with E-state index in [0.29, 0.717) is 0 Å². The molecule has 1 aromatic rings. The van der Waals surface area contributed by atoms with Crippen molar-refractivity contribution in [1.82, 2.24) is 0 Å². The van der Waals surface area contributed by atoms with Gasteiger partial charge in [-0.2, -0.15) is 0 Å². The average molecular weight is 131 g/mol. The van der Waals surface area contributed by atoms with E-state index in [2.05, 4.69) is 18.2 Å². The minimum atomic E-state index is 1.27. The zero-order chi connectivity index (χ0) is 6.81. The largest absolute Gasteiger partial charge is 0.0582 e. The fourth-order valence-corrected chi connectivity index (χ4v) is 1.60. The van der Waals surface area contributed by atoms with E-state index in [9.17, 15) is 0 Å². The molecule has 0 N–H and O–H groups in total. The number of rotatable bonds is 0. The van der Waals surface area contributed by atoms with Crippen LogP contribution in [0.3, 0.4) is 0 Å². The highest BCUT2D eigenvalue weighted by molar-refractivity contribution is 5.28. The van der Waals surface area contributed by atoms with E-state index >= 15 is 0 Å².